The lowest BCUT2D eigenvalue weighted by Crippen LogP contribution is -2.19. The summed E-state index contributed by atoms with van der Waals surface area (Å²) in [5, 5.41) is 7.91. The third-order valence-electron chi connectivity index (χ3n) is 2.25. The molecule has 0 aliphatic carbocycles. The lowest BCUT2D eigenvalue weighted by molar-refractivity contribution is 0.429. The first kappa shape index (κ1) is 13.8. The van der Waals surface area contributed by atoms with E-state index in [2.05, 4.69) is 14.9 Å². The maximum Gasteiger partial charge on any atom is 0.281 e. The van der Waals surface area contributed by atoms with Gasteiger partial charge in [0.2, 0.25) is 15.9 Å². The summed E-state index contributed by atoms with van der Waals surface area (Å²) >= 11 is 1.21. The van der Waals surface area contributed by atoms with Crippen LogP contribution >= 0.6 is 11.8 Å². The number of nitrogen functional groups attached to an aromatic ring is 1. The molecule has 0 unspecified atom stereocenters. The highest BCUT2D eigenvalue weighted by Crippen LogP contribution is 2.30. The molecule has 2 aromatic rings. The SMILES string of the molecule is CNS(=O)(=O)c1ccc(Sc2nnc(C)o2)cc1N. The van der Waals surface area contributed by atoms with E-state index in [1.165, 1.54) is 24.9 Å². The number of nitrogens with two attached hydrogens (primary N) is 1. The fourth-order valence-corrected chi connectivity index (χ4v) is 2.97. The van der Waals surface area contributed by atoms with Gasteiger partial charge in [0.05, 0.1) is 5.69 Å². The van der Waals surface area contributed by atoms with Crippen LogP contribution in [0.2, 0.25) is 0 Å². The van der Waals surface area contributed by atoms with Gasteiger partial charge in [0.15, 0.2) is 0 Å². The van der Waals surface area contributed by atoms with Gasteiger partial charge in [-0.3, -0.25) is 0 Å². The smallest absolute Gasteiger partial charge is 0.281 e. The van der Waals surface area contributed by atoms with E-state index < -0.39 is 10.0 Å². The molecule has 3 N–H and O–H groups in total. The molecule has 102 valence electrons. The van der Waals surface area contributed by atoms with Crippen LogP contribution in [0.25, 0.3) is 0 Å². The van der Waals surface area contributed by atoms with Crippen LogP contribution in [0, 0.1) is 6.92 Å². The Morgan fingerprint density at radius 2 is 2.11 bits per heavy atom. The predicted octanol–water partition coefficient (Wildman–Crippen LogP) is 1.02. The van der Waals surface area contributed by atoms with Crippen LogP contribution in [0.3, 0.4) is 0 Å². The molecule has 19 heavy (non-hydrogen) atoms. The number of rotatable bonds is 4. The standard InChI is InChI=1S/C10H12N4O3S2/c1-6-13-14-10(17-6)18-7-3-4-9(8(11)5-7)19(15,16)12-2/h3-5,12H,11H2,1-2H3. The Balaban J connectivity index is 2.29. The first-order valence-electron chi connectivity index (χ1n) is 5.23. The fourth-order valence-electron chi connectivity index (χ4n) is 1.37. The largest absolute Gasteiger partial charge is 0.416 e. The number of aryl methyl sites for hydroxylation is 1. The zero-order valence-corrected chi connectivity index (χ0v) is 11.9. The molecule has 0 saturated heterocycles. The van der Waals surface area contributed by atoms with E-state index in [4.69, 9.17) is 10.2 Å². The van der Waals surface area contributed by atoms with Gasteiger partial charge in [-0.15, -0.1) is 10.2 Å². The Hall–Kier alpha value is -1.58. The monoisotopic (exact) mass is 300 g/mol. The van der Waals surface area contributed by atoms with E-state index in [0.29, 0.717) is 11.1 Å². The topological polar surface area (TPSA) is 111 Å². The van der Waals surface area contributed by atoms with Crippen LogP contribution < -0.4 is 10.5 Å². The summed E-state index contributed by atoms with van der Waals surface area (Å²) in [5.74, 6) is 0.463. The van der Waals surface area contributed by atoms with Crippen LogP contribution in [-0.4, -0.2) is 25.7 Å². The molecule has 0 atom stereocenters. The number of nitrogens with zero attached hydrogens (tertiary/aromatic N) is 2. The van der Waals surface area contributed by atoms with Crippen molar-refractivity contribution in [1.82, 2.24) is 14.9 Å². The molecule has 0 radical (unpaired) electrons. The van der Waals surface area contributed by atoms with E-state index in [-0.39, 0.29) is 10.6 Å². The summed E-state index contributed by atoms with van der Waals surface area (Å²) in [4.78, 5) is 0.761. The van der Waals surface area contributed by atoms with Crippen molar-refractivity contribution in [3.05, 3.63) is 24.1 Å². The molecule has 0 amide bonds. The average molecular weight is 300 g/mol. The highest BCUT2D eigenvalue weighted by atomic mass is 32.2. The van der Waals surface area contributed by atoms with Crippen LogP contribution in [0.5, 0.6) is 0 Å². The van der Waals surface area contributed by atoms with Crippen molar-refractivity contribution >= 4 is 27.5 Å². The van der Waals surface area contributed by atoms with Crippen LogP contribution in [0.15, 0.2) is 37.6 Å². The zero-order chi connectivity index (χ0) is 14.0. The second kappa shape index (κ2) is 5.19. The molecule has 0 spiro atoms. The maximum absolute atomic E-state index is 11.7. The molecule has 7 nitrogen and oxygen atoms in total. The van der Waals surface area contributed by atoms with E-state index in [9.17, 15) is 8.42 Å². The van der Waals surface area contributed by atoms with Gasteiger partial charge in [-0.2, -0.15) is 0 Å². The first-order valence-corrected chi connectivity index (χ1v) is 7.53. The van der Waals surface area contributed by atoms with Crippen molar-refractivity contribution in [2.75, 3.05) is 12.8 Å². The number of nitrogens with one attached hydrogen (secondary N) is 1. The van der Waals surface area contributed by atoms with Crippen molar-refractivity contribution in [2.45, 2.75) is 21.9 Å². The van der Waals surface area contributed by atoms with Gasteiger partial charge < -0.3 is 10.2 Å². The molecular weight excluding hydrogens is 288 g/mol. The van der Waals surface area contributed by atoms with Gasteiger partial charge in [0.25, 0.3) is 5.22 Å². The fraction of sp³-hybridized carbons (Fsp3) is 0.200. The van der Waals surface area contributed by atoms with Gasteiger partial charge in [0, 0.05) is 11.8 Å². The summed E-state index contributed by atoms with van der Waals surface area (Å²) in [6.07, 6.45) is 0. The summed E-state index contributed by atoms with van der Waals surface area (Å²) in [6.45, 7) is 1.69. The van der Waals surface area contributed by atoms with Crippen LogP contribution in [-0.2, 0) is 10.0 Å². The van der Waals surface area contributed by atoms with Crippen molar-refractivity contribution in [3.63, 3.8) is 0 Å². The van der Waals surface area contributed by atoms with E-state index >= 15 is 0 Å². The summed E-state index contributed by atoms with van der Waals surface area (Å²) in [5.41, 5.74) is 5.91. The normalized spacial score (nSPS) is 11.7. The zero-order valence-electron chi connectivity index (χ0n) is 10.2. The van der Waals surface area contributed by atoms with Gasteiger partial charge in [-0.05, 0) is 37.0 Å². The Kier molecular flexibility index (Phi) is 3.78. The molecule has 0 aliphatic heterocycles. The van der Waals surface area contributed by atoms with Crippen LogP contribution in [0.1, 0.15) is 5.89 Å². The lowest BCUT2D eigenvalue weighted by Gasteiger charge is -2.07. The number of benzene rings is 1. The number of hydrogen-bond donors (Lipinski definition) is 2. The van der Waals surface area contributed by atoms with Gasteiger partial charge >= 0.3 is 0 Å². The summed E-state index contributed by atoms with van der Waals surface area (Å²) in [7, 11) is -2.22. The maximum atomic E-state index is 11.7. The Bertz CT molecular complexity index is 697. The highest BCUT2D eigenvalue weighted by molar-refractivity contribution is 7.99. The Labute approximate surface area is 114 Å². The number of hydrogen-bond acceptors (Lipinski definition) is 7. The molecule has 1 heterocycles. The second-order valence-corrected chi connectivity index (χ2v) is 6.48. The number of aromatic nitrogens is 2. The van der Waals surface area contributed by atoms with Gasteiger partial charge in [-0.1, -0.05) is 0 Å². The lowest BCUT2D eigenvalue weighted by atomic mass is 10.3. The second-order valence-electron chi connectivity index (χ2n) is 3.60. The molecular formula is C10H12N4O3S2. The van der Waals surface area contributed by atoms with E-state index in [1.807, 2.05) is 0 Å². The third-order valence-corrected chi connectivity index (χ3v) is 4.57. The number of sulfonamides is 1. The van der Waals surface area contributed by atoms with Crippen molar-refractivity contribution in [1.29, 1.82) is 0 Å². The predicted molar refractivity (Wildman–Crippen MR) is 70.3 cm³/mol. The van der Waals surface area contributed by atoms with Crippen molar-refractivity contribution in [3.8, 4) is 0 Å². The summed E-state index contributed by atoms with van der Waals surface area (Å²) in [6, 6.07) is 4.62. The molecule has 1 aromatic carbocycles. The average Bonchev–Trinajstić information content (AvgIpc) is 2.74. The Morgan fingerprint density at radius 3 is 2.63 bits per heavy atom. The van der Waals surface area contributed by atoms with Crippen molar-refractivity contribution in [2.24, 2.45) is 0 Å². The van der Waals surface area contributed by atoms with Crippen molar-refractivity contribution < 1.29 is 12.8 Å². The quantitative estimate of drug-likeness (QED) is 0.811. The van der Waals surface area contributed by atoms with Gasteiger partial charge in [0.1, 0.15) is 4.90 Å². The first-order chi connectivity index (χ1) is 8.92. The highest BCUT2D eigenvalue weighted by Gasteiger charge is 2.16. The minimum absolute atomic E-state index is 0.0426. The number of anilines is 1. The van der Waals surface area contributed by atoms with E-state index in [0.717, 1.165) is 4.90 Å². The van der Waals surface area contributed by atoms with E-state index in [1.54, 1.807) is 19.1 Å². The molecule has 2 rings (SSSR count). The Morgan fingerprint density at radius 1 is 1.37 bits per heavy atom. The molecule has 9 heteroatoms. The third kappa shape index (κ3) is 3.06. The minimum atomic E-state index is -3.55. The van der Waals surface area contributed by atoms with Crippen LogP contribution in [0.4, 0.5) is 5.69 Å². The molecule has 0 saturated carbocycles. The minimum Gasteiger partial charge on any atom is -0.416 e. The molecule has 0 aliphatic rings. The molecule has 0 bridgehead atoms. The molecule has 1 aromatic heterocycles. The summed E-state index contributed by atoms with van der Waals surface area (Å²) < 4.78 is 30.7. The van der Waals surface area contributed by atoms with Gasteiger partial charge in [-0.25, -0.2) is 13.1 Å². The molecule has 0 fully saturated rings.